The van der Waals surface area contributed by atoms with Gasteiger partial charge in [0.25, 0.3) is 0 Å². The van der Waals surface area contributed by atoms with Gasteiger partial charge in [0.15, 0.2) is 0 Å². The maximum atomic E-state index is 4.35. The third-order valence-electron chi connectivity index (χ3n) is 8.90. The van der Waals surface area contributed by atoms with Crippen molar-refractivity contribution in [2.45, 2.75) is 92.9 Å². The van der Waals surface area contributed by atoms with E-state index in [9.17, 15) is 0 Å². The fourth-order valence-corrected chi connectivity index (χ4v) is 6.45. The van der Waals surface area contributed by atoms with Crippen LogP contribution in [0.25, 0.3) is 0 Å². The summed E-state index contributed by atoms with van der Waals surface area (Å²) < 4.78 is 0. The van der Waals surface area contributed by atoms with E-state index in [4.69, 9.17) is 0 Å². The van der Waals surface area contributed by atoms with Gasteiger partial charge in [0, 0.05) is 0 Å². The minimum atomic E-state index is 0.490. The maximum Gasteiger partial charge on any atom is -0.0143 e. The molecule has 0 aromatic rings. The van der Waals surface area contributed by atoms with Crippen molar-refractivity contribution in [3.63, 3.8) is 0 Å². The lowest BCUT2D eigenvalue weighted by Crippen LogP contribution is -2.35. The van der Waals surface area contributed by atoms with Crippen LogP contribution in [0.5, 0.6) is 0 Å². The molecule has 0 heteroatoms. The van der Waals surface area contributed by atoms with Crippen molar-refractivity contribution in [2.24, 2.45) is 40.9 Å². The summed E-state index contributed by atoms with van der Waals surface area (Å²) in [6.07, 6.45) is 20.7. The topological polar surface area (TPSA) is 0 Å². The second-order valence-corrected chi connectivity index (χ2v) is 11.3. The summed E-state index contributed by atoms with van der Waals surface area (Å²) in [7, 11) is 0. The summed E-state index contributed by atoms with van der Waals surface area (Å²) in [5.41, 5.74) is 5.15. The monoisotopic (exact) mass is 394 g/mol. The highest BCUT2D eigenvalue weighted by Crippen LogP contribution is 2.59. The first kappa shape index (κ1) is 22.6. The van der Waals surface area contributed by atoms with Crippen LogP contribution >= 0.6 is 0 Å². The predicted octanol–water partition coefficient (Wildman–Crippen LogP) is 8.92. The number of rotatable bonds is 5. The molecule has 0 spiro atoms. The molecule has 0 nitrogen and oxygen atoms in total. The summed E-state index contributed by atoms with van der Waals surface area (Å²) in [5, 5.41) is 0. The number of fused-ring (bicyclic) bond motifs is 1. The van der Waals surface area contributed by atoms with Gasteiger partial charge in [-0.15, -0.1) is 0 Å². The Morgan fingerprint density at radius 2 is 1.76 bits per heavy atom. The van der Waals surface area contributed by atoms with E-state index in [1.807, 2.05) is 0 Å². The minimum absolute atomic E-state index is 0.490. The molecule has 0 N–H and O–H groups in total. The van der Waals surface area contributed by atoms with Crippen molar-refractivity contribution < 1.29 is 0 Å². The van der Waals surface area contributed by atoms with E-state index < -0.39 is 0 Å². The molecule has 0 heterocycles. The Balaban J connectivity index is 1.75. The summed E-state index contributed by atoms with van der Waals surface area (Å²) in [4.78, 5) is 0. The van der Waals surface area contributed by atoms with E-state index >= 15 is 0 Å². The fraction of sp³-hybridized carbons (Fsp3) is 0.724. The van der Waals surface area contributed by atoms with Gasteiger partial charge in [0.2, 0.25) is 0 Å². The molecule has 3 fully saturated rings. The fourth-order valence-electron chi connectivity index (χ4n) is 6.45. The first-order valence-corrected chi connectivity index (χ1v) is 12.5. The Morgan fingerprint density at radius 1 is 1.00 bits per heavy atom. The van der Waals surface area contributed by atoms with Crippen LogP contribution in [0.3, 0.4) is 0 Å². The van der Waals surface area contributed by atoms with Gasteiger partial charge < -0.3 is 0 Å². The maximum absolute atomic E-state index is 4.35. The average molecular weight is 395 g/mol. The van der Waals surface area contributed by atoms with Crippen molar-refractivity contribution in [2.75, 3.05) is 0 Å². The molecule has 3 saturated carbocycles. The molecule has 3 rings (SSSR count). The Morgan fingerprint density at radius 3 is 2.48 bits per heavy atom. The van der Waals surface area contributed by atoms with Gasteiger partial charge in [0.1, 0.15) is 0 Å². The third kappa shape index (κ3) is 5.00. The van der Waals surface area contributed by atoms with Crippen molar-refractivity contribution in [1.82, 2.24) is 0 Å². The molecule has 0 radical (unpaired) electrons. The van der Waals surface area contributed by atoms with Gasteiger partial charge >= 0.3 is 0 Å². The van der Waals surface area contributed by atoms with Gasteiger partial charge in [-0.1, -0.05) is 83.6 Å². The van der Waals surface area contributed by atoms with E-state index in [0.717, 1.165) is 23.7 Å². The van der Waals surface area contributed by atoms with Crippen LogP contribution in [0.4, 0.5) is 0 Å². The summed E-state index contributed by atoms with van der Waals surface area (Å²) in [6.45, 7) is 18.9. The Bertz CT molecular complexity index is 672. The highest BCUT2D eigenvalue weighted by Gasteiger charge is 2.50. The molecule has 0 saturated heterocycles. The first-order valence-electron chi connectivity index (χ1n) is 12.5. The summed E-state index contributed by atoms with van der Waals surface area (Å²) >= 11 is 0. The third-order valence-corrected chi connectivity index (χ3v) is 8.90. The van der Waals surface area contributed by atoms with E-state index in [1.165, 1.54) is 62.5 Å². The standard InChI is InChI=1S/C29H46/c1-20(2)22(4)12-13-24(6)27-16-17-28-25(9-8-18-29(27,28)7)14-15-26-19-21(3)10-11-23(26)5/h12-15,20-22,24,27-28H,5,8-11,16-19H2,1-4,6-7H3/b13-12+,25-14+,26-15-/t21-,22-,24+,27+,28-,29+/m0/s1. The van der Waals surface area contributed by atoms with Gasteiger partial charge in [-0.3, -0.25) is 0 Å². The van der Waals surface area contributed by atoms with Crippen LogP contribution in [0.15, 0.2) is 47.6 Å². The zero-order valence-electron chi connectivity index (χ0n) is 20.1. The normalized spacial score (nSPS) is 38.2. The zero-order chi connectivity index (χ0) is 21.2. The van der Waals surface area contributed by atoms with Crippen molar-refractivity contribution in [1.29, 1.82) is 0 Å². The molecule has 6 atom stereocenters. The van der Waals surface area contributed by atoms with Gasteiger partial charge in [-0.25, -0.2) is 0 Å². The number of hydrogen-bond donors (Lipinski definition) is 0. The molecule has 0 aromatic heterocycles. The molecular weight excluding hydrogens is 348 g/mol. The average Bonchev–Trinajstić information content (AvgIpc) is 3.04. The SMILES string of the molecule is C=C1CC[C@H](C)C/C1=C/C=C1\CCC[C@]2(C)[C@@H]([C@H](C)/C=C/[C@H](C)C(C)C)CC[C@@H]12. The second kappa shape index (κ2) is 9.40. The summed E-state index contributed by atoms with van der Waals surface area (Å²) in [6, 6.07) is 0. The largest absolute Gasteiger partial charge is 0.0956 e. The quantitative estimate of drug-likeness (QED) is 0.408. The molecule has 0 aliphatic heterocycles. The highest BCUT2D eigenvalue weighted by molar-refractivity contribution is 5.36. The Labute approximate surface area is 181 Å². The van der Waals surface area contributed by atoms with Crippen LogP contribution in [-0.4, -0.2) is 0 Å². The van der Waals surface area contributed by atoms with Crippen LogP contribution in [-0.2, 0) is 0 Å². The van der Waals surface area contributed by atoms with Gasteiger partial charge in [-0.05, 0) is 97.9 Å². The van der Waals surface area contributed by atoms with Crippen LogP contribution in [0.1, 0.15) is 92.9 Å². The van der Waals surface area contributed by atoms with E-state index in [-0.39, 0.29) is 0 Å². The van der Waals surface area contributed by atoms with Crippen LogP contribution in [0, 0.1) is 40.9 Å². The predicted molar refractivity (Wildman–Crippen MR) is 129 cm³/mol. The molecule has 0 bridgehead atoms. The van der Waals surface area contributed by atoms with Crippen molar-refractivity contribution in [3.8, 4) is 0 Å². The van der Waals surface area contributed by atoms with Crippen molar-refractivity contribution in [3.05, 3.63) is 47.6 Å². The zero-order valence-corrected chi connectivity index (χ0v) is 20.1. The lowest BCUT2D eigenvalue weighted by Gasteiger charge is -2.44. The smallest absolute Gasteiger partial charge is 0.0143 e. The summed E-state index contributed by atoms with van der Waals surface area (Å²) in [5.74, 6) is 4.57. The lowest BCUT2D eigenvalue weighted by molar-refractivity contribution is 0.112. The lowest BCUT2D eigenvalue weighted by atomic mass is 9.61. The first-order chi connectivity index (χ1) is 13.7. The van der Waals surface area contributed by atoms with Crippen LogP contribution < -0.4 is 0 Å². The molecule has 29 heavy (non-hydrogen) atoms. The van der Waals surface area contributed by atoms with E-state index in [0.29, 0.717) is 17.3 Å². The molecule has 3 aliphatic carbocycles. The molecule has 3 aliphatic rings. The number of hydrogen-bond acceptors (Lipinski definition) is 0. The van der Waals surface area contributed by atoms with Crippen LogP contribution in [0.2, 0.25) is 0 Å². The van der Waals surface area contributed by atoms with Gasteiger partial charge in [-0.2, -0.15) is 0 Å². The van der Waals surface area contributed by atoms with E-state index in [2.05, 4.69) is 72.4 Å². The molecular formula is C29H46. The minimum Gasteiger partial charge on any atom is -0.0956 e. The highest BCUT2D eigenvalue weighted by atomic mass is 14.5. The Hall–Kier alpha value is -1.04. The number of allylic oxidation sites excluding steroid dienone is 7. The molecule has 0 amide bonds. The molecule has 0 unspecified atom stereocenters. The van der Waals surface area contributed by atoms with E-state index in [1.54, 1.807) is 5.57 Å². The Kier molecular flexibility index (Phi) is 7.34. The second-order valence-electron chi connectivity index (χ2n) is 11.3. The molecule has 162 valence electrons. The van der Waals surface area contributed by atoms with Gasteiger partial charge in [0.05, 0.1) is 0 Å². The molecule has 0 aromatic carbocycles. The van der Waals surface area contributed by atoms with Crippen molar-refractivity contribution >= 4 is 0 Å².